The predicted molar refractivity (Wildman–Crippen MR) is 118 cm³/mol. The number of rotatable bonds is 2. The van der Waals surface area contributed by atoms with Crippen LogP contribution in [0.25, 0.3) is 0 Å². The van der Waals surface area contributed by atoms with Crippen molar-refractivity contribution in [1.29, 1.82) is 0 Å². The van der Waals surface area contributed by atoms with Gasteiger partial charge in [-0.25, -0.2) is 15.0 Å². The smallest absolute Gasteiger partial charge is 0.255 e. The lowest BCUT2D eigenvalue weighted by atomic mass is 9.76. The molecular formula is C23H30N6O2. The number of morpholine rings is 1. The van der Waals surface area contributed by atoms with Gasteiger partial charge in [-0.05, 0) is 56.9 Å². The van der Waals surface area contributed by atoms with Crippen molar-refractivity contribution >= 4 is 11.9 Å². The Morgan fingerprint density at radius 3 is 2.58 bits per heavy atom. The lowest BCUT2D eigenvalue weighted by Gasteiger charge is -2.40. The summed E-state index contributed by atoms with van der Waals surface area (Å²) in [6, 6.07) is 0. The van der Waals surface area contributed by atoms with Crippen molar-refractivity contribution in [3.05, 3.63) is 39.1 Å². The minimum absolute atomic E-state index is 0.00926. The summed E-state index contributed by atoms with van der Waals surface area (Å²) in [5, 5.41) is 0. The van der Waals surface area contributed by atoms with Crippen molar-refractivity contribution in [3.8, 4) is 0 Å². The Kier molecular flexibility index (Phi) is 4.70. The van der Waals surface area contributed by atoms with Gasteiger partial charge in [0.05, 0.1) is 18.9 Å². The number of nitrogens with zero attached hydrogens (tertiary/aromatic N) is 5. The van der Waals surface area contributed by atoms with Crippen molar-refractivity contribution < 1.29 is 4.74 Å². The second-order valence-electron chi connectivity index (χ2n) is 9.43. The molecule has 4 aliphatic rings. The molecule has 2 aliphatic carbocycles. The number of aryl methyl sites for hydroxylation is 2. The second-order valence-corrected chi connectivity index (χ2v) is 9.43. The number of piperidine rings is 1. The largest absolute Gasteiger partial charge is 0.378 e. The van der Waals surface area contributed by atoms with Gasteiger partial charge in [0.25, 0.3) is 5.56 Å². The van der Waals surface area contributed by atoms with E-state index in [2.05, 4.69) is 14.8 Å². The van der Waals surface area contributed by atoms with Crippen LogP contribution in [-0.2, 0) is 29.4 Å². The Balaban J connectivity index is 1.24. The maximum Gasteiger partial charge on any atom is 0.255 e. The molecule has 0 amide bonds. The lowest BCUT2D eigenvalue weighted by Crippen LogP contribution is -2.44. The molecule has 8 heteroatoms. The molecule has 0 bridgehead atoms. The third-order valence-corrected chi connectivity index (χ3v) is 7.72. The number of H-pyrrole nitrogens is 1. The molecule has 1 spiro atoms. The SMILES string of the molecule is O=c1[nH]c(N2CCOCC2)nc2c1CCC21CCN(c2ncc3c(n2)CCCC3)CC1. The average molecular weight is 423 g/mol. The molecule has 2 saturated heterocycles. The summed E-state index contributed by atoms with van der Waals surface area (Å²) < 4.78 is 5.46. The van der Waals surface area contributed by atoms with Crippen LogP contribution in [0, 0.1) is 0 Å². The fourth-order valence-electron chi connectivity index (χ4n) is 5.80. The van der Waals surface area contributed by atoms with E-state index in [1.54, 1.807) is 0 Å². The van der Waals surface area contributed by atoms with Crippen LogP contribution in [0.2, 0.25) is 0 Å². The zero-order valence-corrected chi connectivity index (χ0v) is 18.0. The van der Waals surface area contributed by atoms with E-state index in [0.717, 1.165) is 81.9 Å². The summed E-state index contributed by atoms with van der Waals surface area (Å²) in [6.45, 7) is 4.75. The van der Waals surface area contributed by atoms with Gasteiger partial charge < -0.3 is 14.5 Å². The van der Waals surface area contributed by atoms with E-state index in [0.29, 0.717) is 19.2 Å². The molecule has 1 N–H and O–H groups in total. The molecular weight excluding hydrogens is 392 g/mol. The first-order valence-electron chi connectivity index (χ1n) is 11.8. The van der Waals surface area contributed by atoms with Gasteiger partial charge >= 0.3 is 0 Å². The van der Waals surface area contributed by atoms with E-state index in [9.17, 15) is 4.79 Å². The monoisotopic (exact) mass is 422 g/mol. The van der Waals surface area contributed by atoms with Gasteiger partial charge in [-0.15, -0.1) is 0 Å². The molecule has 31 heavy (non-hydrogen) atoms. The van der Waals surface area contributed by atoms with E-state index >= 15 is 0 Å². The zero-order valence-electron chi connectivity index (χ0n) is 18.0. The Morgan fingerprint density at radius 2 is 1.74 bits per heavy atom. The predicted octanol–water partition coefficient (Wildman–Crippen LogP) is 1.76. The topological polar surface area (TPSA) is 87.2 Å². The Bertz CT molecular complexity index is 1040. The number of aromatic amines is 1. The zero-order chi connectivity index (χ0) is 20.8. The van der Waals surface area contributed by atoms with E-state index in [4.69, 9.17) is 19.7 Å². The third kappa shape index (κ3) is 3.32. The van der Waals surface area contributed by atoms with Gasteiger partial charge in [-0.2, -0.15) is 0 Å². The first-order chi connectivity index (χ1) is 15.2. The van der Waals surface area contributed by atoms with E-state index in [1.807, 2.05) is 6.20 Å². The maximum atomic E-state index is 12.8. The van der Waals surface area contributed by atoms with Crippen molar-refractivity contribution in [3.63, 3.8) is 0 Å². The highest BCUT2D eigenvalue weighted by Gasteiger charge is 2.44. The van der Waals surface area contributed by atoms with Crippen molar-refractivity contribution in [1.82, 2.24) is 19.9 Å². The van der Waals surface area contributed by atoms with Crippen molar-refractivity contribution in [2.75, 3.05) is 49.2 Å². The minimum Gasteiger partial charge on any atom is -0.378 e. The van der Waals surface area contributed by atoms with Crippen LogP contribution in [0.4, 0.5) is 11.9 Å². The number of hydrogen-bond donors (Lipinski definition) is 1. The van der Waals surface area contributed by atoms with Gasteiger partial charge in [-0.1, -0.05) is 0 Å². The Labute approximate surface area is 182 Å². The molecule has 2 aromatic rings. The molecule has 0 saturated carbocycles. The van der Waals surface area contributed by atoms with Crippen LogP contribution in [0.3, 0.4) is 0 Å². The quantitative estimate of drug-likeness (QED) is 0.789. The van der Waals surface area contributed by atoms with E-state index < -0.39 is 0 Å². The minimum atomic E-state index is 0.00926. The van der Waals surface area contributed by atoms with Crippen LogP contribution in [0.15, 0.2) is 11.0 Å². The number of aromatic nitrogens is 4. The highest BCUT2D eigenvalue weighted by atomic mass is 16.5. The third-order valence-electron chi connectivity index (χ3n) is 7.72. The Morgan fingerprint density at radius 1 is 0.935 bits per heavy atom. The highest BCUT2D eigenvalue weighted by molar-refractivity contribution is 5.42. The average Bonchev–Trinajstić information content (AvgIpc) is 3.18. The number of hydrogen-bond acceptors (Lipinski definition) is 7. The molecule has 2 aliphatic heterocycles. The van der Waals surface area contributed by atoms with Crippen molar-refractivity contribution in [2.24, 2.45) is 0 Å². The molecule has 6 rings (SSSR count). The van der Waals surface area contributed by atoms with Gasteiger partial charge in [-0.3, -0.25) is 9.78 Å². The van der Waals surface area contributed by atoms with Gasteiger partial charge in [0.15, 0.2) is 0 Å². The molecule has 0 atom stereocenters. The summed E-state index contributed by atoms with van der Waals surface area (Å²) in [4.78, 5) is 35.0. The summed E-state index contributed by atoms with van der Waals surface area (Å²) in [5.41, 5.74) is 4.57. The normalized spacial score (nSPS) is 22.5. The van der Waals surface area contributed by atoms with Gasteiger partial charge in [0.2, 0.25) is 11.9 Å². The van der Waals surface area contributed by atoms with Crippen LogP contribution in [0.5, 0.6) is 0 Å². The molecule has 8 nitrogen and oxygen atoms in total. The van der Waals surface area contributed by atoms with Crippen molar-refractivity contribution in [2.45, 2.75) is 56.8 Å². The summed E-state index contributed by atoms with van der Waals surface area (Å²) in [6.07, 6.45) is 10.6. The van der Waals surface area contributed by atoms with E-state index in [1.165, 1.54) is 24.1 Å². The highest BCUT2D eigenvalue weighted by Crippen LogP contribution is 2.45. The summed E-state index contributed by atoms with van der Waals surface area (Å²) in [7, 11) is 0. The number of nitrogens with one attached hydrogen (secondary N) is 1. The second kappa shape index (κ2) is 7.58. The number of ether oxygens (including phenoxy) is 1. The first-order valence-corrected chi connectivity index (χ1v) is 11.8. The van der Waals surface area contributed by atoms with Gasteiger partial charge in [0.1, 0.15) is 0 Å². The molecule has 4 heterocycles. The fourth-order valence-corrected chi connectivity index (χ4v) is 5.80. The van der Waals surface area contributed by atoms with Crippen LogP contribution in [0.1, 0.15) is 54.6 Å². The summed E-state index contributed by atoms with van der Waals surface area (Å²) in [5.74, 6) is 1.59. The molecule has 164 valence electrons. The molecule has 2 fully saturated rings. The molecule has 0 radical (unpaired) electrons. The lowest BCUT2D eigenvalue weighted by molar-refractivity contribution is 0.122. The first kappa shape index (κ1) is 19.2. The molecule has 0 aromatic carbocycles. The standard InChI is InChI=1S/C23H30N6O2/c30-20-17-5-6-23(19(17)26-22(27-20)29-11-13-31-14-12-29)7-9-28(10-8-23)21-24-15-16-3-1-2-4-18(16)25-21/h15H,1-14H2,(H,26,27,30). The maximum absolute atomic E-state index is 12.8. The van der Waals surface area contributed by atoms with Crippen LogP contribution < -0.4 is 15.4 Å². The number of anilines is 2. The van der Waals surface area contributed by atoms with E-state index in [-0.39, 0.29) is 11.0 Å². The van der Waals surface area contributed by atoms with Crippen LogP contribution >= 0.6 is 0 Å². The number of fused-ring (bicyclic) bond motifs is 3. The molecule has 0 unspecified atom stereocenters. The van der Waals surface area contributed by atoms with Crippen LogP contribution in [-0.4, -0.2) is 59.3 Å². The van der Waals surface area contributed by atoms with Gasteiger partial charge in [0, 0.05) is 49.0 Å². The fraction of sp³-hybridized carbons (Fsp3) is 0.652. The molecule has 2 aromatic heterocycles. The summed E-state index contributed by atoms with van der Waals surface area (Å²) >= 11 is 0. The Hall–Kier alpha value is -2.48.